The average molecular weight is 252 g/mol. The maximum absolute atomic E-state index is 11.6. The molecule has 1 fully saturated rings. The number of carbonyl (C=O) groups excluding carboxylic acids is 2. The highest BCUT2D eigenvalue weighted by atomic mass is 31.2. The monoisotopic (exact) mass is 252 g/mol. The number of phosphoric ester groups is 1. The van der Waals surface area contributed by atoms with Crippen LogP contribution in [-0.2, 0) is 13.9 Å². The van der Waals surface area contributed by atoms with E-state index in [-0.39, 0.29) is 13.1 Å². The molecule has 1 saturated heterocycles. The molecule has 1 aliphatic heterocycles. The number of likely N-dealkylation sites (N-methyl/N-ethyl adjacent to an activating group) is 2. The molecular weight excluding hydrogens is 239 g/mol. The fourth-order valence-electron chi connectivity index (χ4n) is 1.44. The molecule has 0 bridgehead atoms. The molecule has 8 nitrogen and oxygen atoms in total. The molecule has 0 aromatic heterocycles. The number of hydrogen-bond donors (Lipinski definition) is 2. The van der Waals surface area contributed by atoms with E-state index < -0.39 is 26.0 Å². The first kappa shape index (κ1) is 13.1. The highest BCUT2D eigenvalue weighted by Gasteiger charge is 2.47. The van der Waals surface area contributed by atoms with Gasteiger partial charge in [0.05, 0.1) is 0 Å². The van der Waals surface area contributed by atoms with Crippen LogP contribution in [0, 0.1) is 0 Å². The van der Waals surface area contributed by atoms with Crippen LogP contribution in [0.2, 0.25) is 0 Å². The van der Waals surface area contributed by atoms with Gasteiger partial charge in [-0.05, 0) is 13.8 Å². The summed E-state index contributed by atoms with van der Waals surface area (Å²) in [6, 6.07) is -0.603. The fraction of sp³-hybridized carbons (Fsp3) is 0.714. The summed E-state index contributed by atoms with van der Waals surface area (Å²) in [5.41, 5.74) is 0. The molecule has 1 atom stereocenters. The molecule has 1 aliphatic rings. The second-order valence-corrected chi connectivity index (χ2v) is 4.29. The molecule has 92 valence electrons. The molecule has 1 heterocycles. The Morgan fingerprint density at radius 2 is 1.88 bits per heavy atom. The SMILES string of the molecule is CCN1C(=O)C(OP(=O)(O)O)N(CC)C1=O. The number of carbonyl (C=O) groups is 2. The molecule has 2 N–H and O–H groups in total. The van der Waals surface area contributed by atoms with E-state index in [1.165, 1.54) is 0 Å². The van der Waals surface area contributed by atoms with Crippen molar-refractivity contribution in [2.45, 2.75) is 20.1 Å². The molecule has 1 rings (SSSR count). The molecule has 0 spiro atoms. The zero-order valence-corrected chi connectivity index (χ0v) is 9.76. The number of phosphoric acid groups is 1. The van der Waals surface area contributed by atoms with Crippen LogP contribution in [0.25, 0.3) is 0 Å². The largest absolute Gasteiger partial charge is 0.471 e. The van der Waals surface area contributed by atoms with Gasteiger partial charge in [-0.3, -0.25) is 19.1 Å². The van der Waals surface area contributed by atoms with Gasteiger partial charge in [-0.1, -0.05) is 0 Å². The van der Waals surface area contributed by atoms with Gasteiger partial charge in [0.1, 0.15) is 0 Å². The van der Waals surface area contributed by atoms with Crippen LogP contribution in [0.15, 0.2) is 0 Å². The van der Waals surface area contributed by atoms with E-state index in [2.05, 4.69) is 4.52 Å². The fourth-order valence-corrected chi connectivity index (χ4v) is 1.90. The average Bonchev–Trinajstić information content (AvgIpc) is 2.36. The van der Waals surface area contributed by atoms with Crippen molar-refractivity contribution < 1.29 is 28.5 Å². The van der Waals surface area contributed by atoms with E-state index in [9.17, 15) is 14.2 Å². The number of nitrogens with zero attached hydrogens (tertiary/aromatic N) is 2. The lowest BCUT2D eigenvalue weighted by Crippen LogP contribution is -2.36. The van der Waals surface area contributed by atoms with Crippen molar-refractivity contribution in [2.24, 2.45) is 0 Å². The summed E-state index contributed by atoms with van der Waals surface area (Å²) >= 11 is 0. The quantitative estimate of drug-likeness (QED) is 0.526. The van der Waals surface area contributed by atoms with Gasteiger partial charge in [0, 0.05) is 13.1 Å². The van der Waals surface area contributed by atoms with E-state index in [0.717, 1.165) is 9.80 Å². The maximum atomic E-state index is 11.6. The van der Waals surface area contributed by atoms with Crippen LogP contribution in [-0.4, -0.2) is 50.8 Å². The van der Waals surface area contributed by atoms with E-state index in [4.69, 9.17) is 9.79 Å². The normalized spacial score (nSPS) is 22.1. The third-order valence-electron chi connectivity index (χ3n) is 2.13. The van der Waals surface area contributed by atoms with Crippen molar-refractivity contribution in [3.8, 4) is 0 Å². The summed E-state index contributed by atoms with van der Waals surface area (Å²) in [5, 5.41) is 0. The molecule has 9 heteroatoms. The van der Waals surface area contributed by atoms with E-state index in [1.807, 2.05) is 0 Å². The summed E-state index contributed by atoms with van der Waals surface area (Å²) in [6.07, 6.45) is -1.53. The molecule has 0 radical (unpaired) electrons. The number of rotatable bonds is 4. The second kappa shape index (κ2) is 4.50. The summed E-state index contributed by atoms with van der Waals surface area (Å²) in [7, 11) is -4.81. The lowest BCUT2D eigenvalue weighted by molar-refractivity contribution is -0.136. The minimum Gasteiger partial charge on any atom is -0.303 e. The van der Waals surface area contributed by atoms with Gasteiger partial charge in [-0.25, -0.2) is 9.36 Å². The predicted molar refractivity (Wildman–Crippen MR) is 52.1 cm³/mol. The van der Waals surface area contributed by atoms with Crippen LogP contribution in [0.1, 0.15) is 13.8 Å². The second-order valence-electron chi connectivity index (χ2n) is 3.10. The van der Waals surface area contributed by atoms with E-state index in [0.29, 0.717) is 0 Å². The van der Waals surface area contributed by atoms with E-state index in [1.54, 1.807) is 13.8 Å². The Labute approximate surface area is 92.0 Å². The van der Waals surface area contributed by atoms with Crippen LogP contribution in [0.4, 0.5) is 4.79 Å². The first-order chi connectivity index (χ1) is 7.31. The minimum absolute atomic E-state index is 0.131. The van der Waals surface area contributed by atoms with Gasteiger partial charge < -0.3 is 9.79 Å². The summed E-state index contributed by atoms with van der Waals surface area (Å²) < 4.78 is 15.0. The Bertz CT molecular complexity index is 353. The highest BCUT2D eigenvalue weighted by molar-refractivity contribution is 7.46. The smallest absolute Gasteiger partial charge is 0.303 e. The molecule has 1 unspecified atom stereocenters. The molecule has 3 amide bonds. The predicted octanol–water partition coefficient (Wildman–Crippen LogP) is -0.274. The minimum atomic E-state index is -4.81. The molecule has 0 saturated carbocycles. The Morgan fingerprint density at radius 3 is 2.25 bits per heavy atom. The van der Waals surface area contributed by atoms with Gasteiger partial charge in [-0.2, -0.15) is 0 Å². The van der Waals surface area contributed by atoms with Gasteiger partial charge in [0.15, 0.2) is 0 Å². The number of imide groups is 1. The Balaban J connectivity index is 2.95. The van der Waals surface area contributed by atoms with Crippen LogP contribution in [0.5, 0.6) is 0 Å². The van der Waals surface area contributed by atoms with E-state index >= 15 is 0 Å². The molecular formula is C7H13N2O6P. The third-order valence-corrected chi connectivity index (χ3v) is 2.61. The summed E-state index contributed by atoms with van der Waals surface area (Å²) in [6.45, 7) is 3.44. The molecule has 16 heavy (non-hydrogen) atoms. The van der Waals surface area contributed by atoms with Crippen molar-refractivity contribution in [1.82, 2.24) is 9.80 Å². The lowest BCUT2D eigenvalue weighted by Gasteiger charge is -2.19. The van der Waals surface area contributed by atoms with Crippen molar-refractivity contribution in [1.29, 1.82) is 0 Å². The van der Waals surface area contributed by atoms with Gasteiger partial charge in [0.25, 0.3) is 5.91 Å². The van der Waals surface area contributed by atoms with Crippen molar-refractivity contribution in [3.05, 3.63) is 0 Å². The molecule has 0 aromatic rings. The van der Waals surface area contributed by atoms with Gasteiger partial charge >= 0.3 is 13.9 Å². The van der Waals surface area contributed by atoms with Crippen LogP contribution >= 0.6 is 7.82 Å². The molecule has 0 aromatic carbocycles. The third kappa shape index (κ3) is 2.41. The topological polar surface area (TPSA) is 107 Å². The van der Waals surface area contributed by atoms with Crippen molar-refractivity contribution >= 4 is 19.8 Å². The maximum Gasteiger partial charge on any atom is 0.471 e. The Morgan fingerprint density at radius 1 is 1.31 bits per heavy atom. The van der Waals surface area contributed by atoms with Gasteiger partial charge in [0.2, 0.25) is 6.23 Å². The number of urea groups is 1. The van der Waals surface area contributed by atoms with Crippen LogP contribution < -0.4 is 0 Å². The summed E-state index contributed by atoms with van der Waals surface area (Å²) in [4.78, 5) is 42.3. The lowest BCUT2D eigenvalue weighted by atomic mass is 10.5. The zero-order valence-electron chi connectivity index (χ0n) is 8.86. The number of hydrogen-bond acceptors (Lipinski definition) is 4. The van der Waals surface area contributed by atoms with Crippen LogP contribution in [0.3, 0.4) is 0 Å². The van der Waals surface area contributed by atoms with Crippen molar-refractivity contribution in [2.75, 3.05) is 13.1 Å². The molecule has 0 aliphatic carbocycles. The Kier molecular flexibility index (Phi) is 3.69. The first-order valence-corrected chi connectivity index (χ1v) is 6.20. The summed E-state index contributed by atoms with van der Waals surface area (Å²) in [5.74, 6) is -0.752. The first-order valence-electron chi connectivity index (χ1n) is 4.67. The standard InChI is InChI=1S/C7H13N2O6P/c1-3-8-5(10)6(15-16(12,13)14)9(4-2)7(8)11/h6H,3-4H2,1-2H3,(H2,12,13,14). The Hall–Kier alpha value is -0.950. The number of amides is 3. The van der Waals surface area contributed by atoms with Gasteiger partial charge in [-0.15, -0.1) is 0 Å². The van der Waals surface area contributed by atoms with Crippen molar-refractivity contribution in [3.63, 3.8) is 0 Å². The zero-order chi connectivity index (χ0) is 12.5. The highest BCUT2D eigenvalue weighted by Crippen LogP contribution is 2.40.